The summed E-state index contributed by atoms with van der Waals surface area (Å²) in [4.78, 5) is 19.8. The standard InChI is InChI=1S/C15H12BrN3O/c1-9-14(11-4-2-3-5-12(11)18-9)15(20)19-13-7-6-10(16)8-17-13/h2-8,18H,1H3,(H,17,19,20). The van der Waals surface area contributed by atoms with Gasteiger partial charge in [-0.3, -0.25) is 4.79 Å². The third kappa shape index (κ3) is 2.32. The lowest BCUT2D eigenvalue weighted by molar-refractivity contribution is 0.102. The van der Waals surface area contributed by atoms with Crippen molar-refractivity contribution in [3.05, 3.63) is 58.3 Å². The number of hydrogen-bond acceptors (Lipinski definition) is 2. The van der Waals surface area contributed by atoms with Crippen LogP contribution < -0.4 is 5.32 Å². The molecular weight excluding hydrogens is 318 g/mol. The van der Waals surface area contributed by atoms with Crippen molar-refractivity contribution in [1.29, 1.82) is 0 Å². The first-order chi connectivity index (χ1) is 9.65. The fourth-order valence-electron chi connectivity index (χ4n) is 2.20. The number of fused-ring (bicyclic) bond motifs is 1. The molecule has 4 nitrogen and oxygen atoms in total. The van der Waals surface area contributed by atoms with Crippen LogP contribution in [0.4, 0.5) is 5.82 Å². The summed E-state index contributed by atoms with van der Waals surface area (Å²) >= 11 is 3.31. The molecule has 0 aliphatic heterocycles. The summed E-state index contributed by atoms with van der Waals surface area (Å²) in [5.74, 6) is 0.373. The largest absolute Gasteiger partial charge is 0.358 e. The summed E-state index contributed by atoms with van der Waals surface area (Å²) in [6, 6.07) is 11.3. The molecular formula is C15H12BrN3O. The van der Waals surface area contributed by atoms with E-state index < -0.39 is 0 Å². The predicted octanol–water partition coefficient (Wildman–Crippen LogP) is 3.89. The summed E-state index contributed by atoms with van der Waals surface area (Å²) in [7, 11) is 0. The molecule has 2 N–H and O–H groups in total. The van der Waals surface area contributed by atoms with Gasteiger partial charge in [-0.15, -0.1) is 0 Å². The number of halogens is 1. The Morgan fingerprint density at radius 2 is 2.05 bits per heavy atom. The van der Waals surface area contributed by atoms with Crippen LogP contribution >= 0.6 is 15.9 Å². The summed E-state index contributed by atoms with van der Waals surface area (Å²) in [5.41, 5.74) is 2.46. The van der Waals surface area contributed by atoms with E-state index >= 15 is 0 Å². The van der Waals surface area contributed by atoms with Gasteiger partial charge in [0.2, 0.25) is 0 Å². The van der Waals surface area contributed by atoms with Crippen LogP contribution in [0.5, 0.6) is 0 Å². The van der Waals surface area contributed by atoms with Gasteiger partial charge >= 0.3 is 0 Å². The van der Waals surface area contributed by atoms with Crippen LogP contribution in [0.25, 0.3) is 10.9 Å². The maximum atomic E-state index is 12.4. The molecule has 0 saturated carbocycles. The lowest BCUT2D eigenvalue weighted by atomic mass is 10.1. The first-order valence-electron chi connectivity index (χ1n) is 6.15. The fourth-order valence-corrected chi connectivity index (χ4v) is 2.43. The van der Waals surface area contributed by atoms with Crippen LogP contribution in [0.2, 0.25) is 0 Å². The lowest BCUT2D eigenvalue weighted by Gasteiger charge is -2.04. The Hall–Kier alpha value is -2.14. The molecule has 3 rings (SSSR count). The van der Waals surface area contributed by atoms with Crippen LogP contribution in [-0.4, -0.2) is 15.9 Å². The van der Waals surface area contributed by atoms with Gasteiger partial charge in [0.05, 0.1) is 5.56 Å². The SMILES string of the molecule is Cc1[nH]c2ccccc2c1C(=O)Nc1ccc(Br)cn1. The van der Waals surface area contributed by atoms with Crippen LogP contribution in [0.1, 0.15) is 16.1 Å². The Balaban J connectivity index is 1.96. The number of carbonyl (C=O) groups is 1. The molecule has 20 heavy (non-hydrogen) atoms. The van der Waals surface area contributed by atoms with E-state index in [1.807, 2.05) is 37.3 Å². The van der Waals surface area contributed by atoms with Crippen molar-refractivity contribution >= 4 is 38.6 Å². The highest BCUT2D eigenvalue weighted by Gasteiger charge is 2.16. The van der Waals surface area contributed by atoms with Gasteiger partial charge in [0.25, 0.3) is 5.91 Å². The van der Waals surface area contributed by atoms with Gasteiger partial charge in [0.1, 0.15) is 5.82 Å². The number of para-hydroxylation sites is 1. The number of nitrogens with zero attached hydrogens (tertiary/aromatic N) is 1. The number of aryl methyl sites for hydroxylation is 1. The summed E-state index contributed by atoms with van der Waals surface area (Å²) in [6.07, 6.45) is 1.65. The number of anilines is 1. The Bertz CT molecular complexity index is 777. The van der Waals surface area contributed by atoms with Crippen molar-refractivity contribution < 1.29 is 4.79 Å². The minimum atomic E-state index is -0.158. The molecule has 1 amide bonds. The van der Waals surface area contributed by atoms with Gasteiger partial charge in [-0.05, 0) is 41.1 Å². The van der Waals surface area contributed by atoms with Crippen molar-refractivity contribution in [3.8, 4) is 0 Å². The second-order valence-electron chi connectivity index (χ2n) is 4.49. The molecule has 3 aromatic rings. The van der Waals surface area contributed by atoms with E-state index in [1.165, 1.54) is 0 Å². The summed E-state index contributed by atoms with van der Waals surface area (Å²) < 4.78 is 0.874. The topological polar surface area (TPSA) is 57.8 Å². The molecule has 0 unspecified atom stereocenters. The Labute approximate surface area is 124 Å². The predicted molar refractivity (Wildman–Crippen MR) is 82.9 cm³/mol. The second kappa shape index (κ2) is 5.09. The van der Waals surface area contributed by atoms with Crippen LogP contribution in [0, 0.1) is 6.92 Å². The quantitative estimate of drug-likeness (QED) is 0.749. The summed E-state index contributed by atoms with van der Waals surface area (Å²) in [5, 5.41) is 3.73. The van der Waals surface area contributed by atoms with Gasteiger partial charge in [-0.25, -0.2) is 4.98 Å². The van der Waals surface area contributed by atoms with Crippen LogP contribution in [0.3, 0.4) is 0 Å². The van der Waals surface area contributed by atoms with E-state index in [4.69, 9.17) is 0 Å². The molecule has 2 aromatic heterocycles. The Kier molecular flexibility index (Phi) is 3.28. The molecule has 5 heteroatoms. The fraction of sp³-hybridized carbons (Fsp3) is 0.0667. The number of aromatic amines is 1. The van der Waals surface area contributed by atoms with E-state index in [0.29, 0.717) is 11.4 Å². The van der Waals surface area contributed by atoms with Crippen molar-refractivity contribution in [3.63, 3.8) is 0 Å². The Morgan fingerprint density at radius 3 is 2.80 bits per heavy atom. The van der Waals surface area contributed by atoms with E-state index in [0.717, 1.165) is 21.1 Å². The normalized spacial score (nSPS) is 10.7. The second-order valence-corrected chi connectivity index (χ2v) is 5.40. The van der Waals surface area contributed by atoms with E-state index in [9.17, 15) is 4.79 Å². The van der Waals surface area contributed by atoms with Crippen molar-refractivity contribution in [2.45, 2.75) is 6.92 Å². The molecule has 0 radical (unpaired) electrons. The number of H-pyrrole nitrogens is 1. The van der Waals surface area contributed by atoms with Gasteiger partial charge in [0.15, 0.2) is 0 Å². The smallest absolute Gasteiger partial charge is 0.259 e. The molecule has 0 bridgehead atoms. The first kappa shape index (κ1) is 12.9. The molecule has 0 spiro atoms. The number of amides is 1. The third-order valence-corrected chi connectivity index (χ3v) is 3.56. The highest BCUT2D eigenvalue weighted by Crippen LogP contribution is 2.22. The minimum Gasteiger partial charge on any atom is -0.358 e. The number of benzene rings is 1. The van der Waals surface area contributed by atoms with E-state index in [1.54, 1.807) is 12.3 Å². The maximum absolute atomic E-state index is 12.4. The summed E-state index contributed by atoms with van der Waals surface area (Å²) in [6.45, 7) is 1.89. The van der Waals surface area contributed by atoms with Gasteiger partial charge in [-0.2, -0.15) is 0 Å². The first-order valence-corrected chi connectivity index (χ1v) is 6.94. The third-order valence-electron chi connectivity index (χ3n) is 3.09. The number of hydrogen-bond donors (Lipinski definition) is 2. The zero-order valence-electron chi connectivity index (χ0n) is 10.8. The van der Waals surface area contributed by atoms with Crippen molar-refractivity contribution in [2.75, 3.05) is 5.32 Å². The van der Waals surface area contributed by atoms with Crippen molar-refractivity contribution in [1.82, 2.24) is 9.97 Å². The van der Waals surface area contributed by atoms with Gasteiger partial charge in [0, 0.05) is 27.3 Å². The lowest BCUT2D eigenvalue weighted by Crippen LogP contribution is -2.13. The highest BCUT2D eigenvalue weighted by atomic mass is 79.9. The number of aromatic nitrogens is 2. The van der Waals surface area contributed by atoms with Gasteiger partial charge in [-0.1, -0.05) is 18.2 Å². The molecule has 2 heterocycles. The molecule has 0 aliphatic carbocycles. The average molecular weight is 330 g/mol. The van der Waals surface area contributed by atoms with E-state index in [-0.39, 0.29) is 5.91 Å². The molecule has 0 saturated heterocycles. The molecule has 100 valence electrons. The highest BCUT2D eigenvalue weighted by molar-refractivity contribution is 9.10. The van der Waals surface area contributed by atoms with Crippen LogP contribution in [0.15, 0.2) is 47.1 Å². The molecule has 1 aromatic carbocycles. The van der Waals surface area contributed by atoms with E-state index in [2.05, 4.69) is 31.2 Å². The number of pyridine rings is 1. The molecule has 0 aliphatic rings. The zero-order chi connectivity index (χ0) is 14.1. The number of rotatable bonds is 2. The molecule has 0 fully saturated rings. The minimum absolute atomic E-state index is 0.158. The average Bonchev–Trinajstić information content (AvgIpc) is 2.77. The van der Waals surface area contributed by atoms with Crippen molar-refractivity contribution in [2.24, 2.45) is 0 Å². The number of nitrogens with one attached hydrogen (secondary N) is 2. The molecule has 0 atom stereocenters. The van der Waals surface area contributed by atoms with Gasteiger partial charge < -0.3 is 10.3 Å². The maximum Gasteiger partial charge on any atom is 0.259 e. The van der Waals surface area contributed by atoms with Crippen LogP contribution in [-0.2, 0) is 0 Å². The zero-order valence-corrected chi connectivity index (χ0v) is 12.4. The monoisotopic (exact) mass is 329 g/mol. The Morgan fingerprint density at radius 1 is 1.25 bits per heavy atom. The number of carbonyl (C=O) groups excluding carboxylic acids is 1.